The molecule has 0 bridgehead atoms. The van der Waals surface area contributed by atoms with Gasteiger partial charge in [0.05, 0.1) is 10.8 Å². The van der Waals surface area contributed by atoms with Crippen molar-refractivity contribution in [1.29, 1.82) is 0 Å². The summed E-state index contributed by atoms with van der Waals surface area (Å²) in [7, 11) is 0. The number of aromatic nitrogens is 2. The molecule has 28 heavy (non-hydrogen) atoms. The molecule has 0 spiro atoms. The number of fused-ring (bicyclic) bond motifs is 1. The van der Waals surface area contributed by atoms with E-state index >= 15 is 0 Å². The van der Waals surface area contributed by atoms with Crippen LogP contribution in [0.15, 0.2) is 33.9 Å². The summed E-state index contributed by atoms with van der Waals surface area (Å²) in [4.78, 5) is 51.4. The molecule has 0 unspecified atom stereocenters. The van der Waals surface area contributed by atoms with Crippen LogP contribution in [0.3, 0.4) is 0 Å². The maximum Gasteiger partial charge on any atom is 0.328 e. The van der Waals surface area contributed by atoms with E-state index in [-0.39, 0.29) is 28.8 Å². The molecule has 8 heteroatoms. The quantitative estimate of drug-likeness (QED) is 0.800. The average molecular weight is 387 g/mol. The number of H-pyrrole nitrogens is 1. The van der Waals surface area contributed by atoms with Crippen LogP contribution in [0.5, 0.6) is 0 Å². The third-order valence-electron chi connectivity index (χ3n) is 5.27. The fraction of sp³-hybridized carbons (Fsp3) is 0.500. The molecule has 2 heterocycles. The number of carbonyl (C=O) groups excluding carboxylic acids is 2. The van der Waals surface area contributed by atoms with E-state index in [0.717, 1.165) is 23.9 Å². The SMILES string of the molecule is C[C@@H]1CCC[C@@H](C)N1C(=O)[C@@H](C)OC(=O)Cn1[nH]c(=O)c2ccccc2c1=O. The number of aromatic amines is 1. The lowest BCUT2D eigenvalue weighted by Gasteiger charge is -2.40. The van der Waals surface area contributed by atoms with Gasteiger partial charge in [-0.05, 0) is 52.2 Å². The summed E-state index contributed by atoms with van der Waals surface area (Å²) in [6, 6.07) is 6.56. The van der Waals surface area contributed by atoms with E-state index in [9.17, 15) is 19.2 Å². The van der Waals surface area contributed by atoms with Crippen molar-refractivity contribution in [2.75, 3.05) is 0 Å². The van der Waals surface area contributed by atoms with Gasteiger partial charge in [0, 0.05) is 12.1 Å². The largest absolute Gasteiger partial charge is 0.451 e. The standard InChI is InChI=1S/C20H25N3O5/c1-12-7-6-8-13(2)23(12)19(26)14(3)28-17(24)11-22-20(27)16-10-5-4-9-15(16)18(25)21-22/h4-5,9-10,12-14H,6-8,11H2,1-3H3,(H,21,25)/t12-,13-,14-/m1/s1. The maximum atomic E-state index is 12.7. The van der Waals surface area contributed by atoms with Crippen LogP contribution in [0.4, 0.5) is 0 Å². The Morgan fingerprint density at radius 1 is 1.14 bits per heavy atom. The molecular formula is C20H25N3O5. The van der Waals surface area contributed by atoms with Crippen molar-refractivity contribution in [3.8, 4) is 0 Å². The summed E-state index contributed by atoms with van der Waals surface area (Å²) in [6.07, 6.45) is 1.95. The van der Waals surface area contributed by atoms with Crippen LogP contribution >= 0.6 is 0 Å². The average Bonchev–Trinajstić information content (AvgIpc) is 2.65. The van der Waals surface area contributed by atoms with E-state index in [1.807, 2.05) is 13.8 Å². The molecule has 1 amide bonds. The smallest absolute Gasteiger partial charge is 0.328 e. The summed E-state index contributed by atoms with van der Waals surface area (Å²) in [6.45, 7) is 5.03. The van der Waals surface area contributed by atoms with Gasteiger partial charge in [-0.1, -0.05) is 12.1 Å². The third-order valence-corrected chi connectivity index (χ3v) is 5.27. The van der Waals surface area contributed by atoms with Crippen LogP contribution < -0.4 is 11.1 Å². The Bertz CT molecular complexity index is 999. The highest BCUT2D eigenvalue weighted by molar-refractivity contribution is 5.84. The molecule has 0 radical (unpaired) electrons. The summed E-state index contributed by atoms with van der Waals surface area (Å²) >= 11 is 0. The van der Waals surface area contributed by atoms with Crippen LogP contribution in [0.1, 0.15) is 40.0 Å². The van der Waals surface area contributed by atoms with Crippen molar-refractivity contribution in [1.82, 2.24) is 14.7 Å². The highest BCUT2D eigenvalue weighted by Gasteiger charge is 2.33. The number of nitrogens with zero attached hydrogens (tertiary/aromatic N) is 2. The van der Waals surface area contributed by atoms with Gasteiger partial charge in [0.1, 0.15) is 6.54 Å². The van der Waals surface area contributed by atoms with Crippen LogP contribution in [-0.4, -0.2) is 44.7 Å². The third kappa shape index (κ3) is 3.85. The summed E-state index contributed by atoms with van der Waals surface area (Å²) in [5.41, 5.74) is -0.965. The first kappa shape index (κ1) is 19.9. The second kappa shape index (κ2) is 8.00. The van der Waals surface area contributed by atoms with Crippen molar-refractivity contribution < 1.29 is 14.3 Å². The maximum absolute atomic E-state index is 12.7. The second-order valence-electron chi connectivity index (χ2n) is 7.38. The summed E-state index contributed by atoms with van der Waals surface area (Å²) in [5, 5.41) is 2.86. The van der Waals surface area contributed by atoms with Crippen LogP contribution in [-0.2, 0) is 20.9 Å². The van der Waals surface area contributed by atoms with Gasteiger partial charge in [0.2, 0.25) is 0 Å². The van der Waals surface area contributed by atoms with E-state index in [1.165, 1.54) is 13.0 Å². The van der Waals surface area contributed by atoms with Crippen molar-refractivity contribution >= 4 is 22.6 Å². The van der Waals surface area contributed by atoms with Gasteiger partial charge in [0.15, 0.2) is 6.10 Å². The molecule has 1 aromatic carbocycles. The molecule has 1 aliphatic rings. The van der Waals surface area contributed by atoms with Crippen molar-refractivity contribution in [3.05, 3.63) is 45.0 Å². The fourth-order valence-corrected chi connectivity index (χ4v) is 3.84. The summed E-state index contributed by atoms with van der Waals surface area (Å²) in [5.74, 6) is -1.00. The normalized spacial score (nSPS) is 20.8. The van der Waals surface area contributed by atoms with Gasteiger partial charge in [0.25, 0.3) is 17.0 Å². The number of carbonyl (C=O) groups is 2. The first-order valence-corrected chi connectivity index (χ1v) is 9.53. The monoisotopic (exact) mass is 387 g/mol. The van der Waals surface area contributed by atoms with Gasteiger partial charge >= 0.3 is 5.97 Å². The zero-order valence-electron chi connectivity index (χ0n) is 16.3. The van der Waals surface area contributed by atoms with Crippen LogP contribution in [0.2, 0.25) is 0 Å². The number of amides is 1. The van der Waals surface area contributed by atoms with Gasteiger partial charge < -0.3 is 9.64 Å². The Balaban J connectivity index is 1.73. The van der Waals surface area contributed by atoms with Gasteiger partial charge in [-0.3, -0.25) is 24.3 Å². The molecule has 0 aliphatic carbocycles. The lowest BCUT2D eigenvalue weighted by Crippen LogP contribution is -2.51. The minimum atomic E-state index is -0.960. The highest BCUT2D eigenvalue weighted by atomic mass is 16.5. The Kier molecular flexibility index (Phi) is 5.67. The lowest BCUT2D eigenvalue weighted by molar-refractivity contribution is -0.162. The zero-order chi connectivity index (χ0) is 20.4. The number of benzene rings is 1. The number of piperidine rings is 1. The molecule has 1 N–H and O–H groups in total. The number of hydrogen-bond acceptors (Lipinski definition) is 5. The van der Waals surface area contributed by atoms with E-state index in [4.69, 9.17) is 4.74 Å². The predicted octanol–water partition coefficient (Wildman–Crippen LogP) is 1.41. The number of hydrogen-bond donors (Lipinski definition) is 1. The molecule has 3 rings (SSSR count). The first-order valence-electron chi connectivity index (χ1n) is 9.53. The first-order chi connectivity index (χ1) is 13.3. The molecule has 1 fully saturated rings. The molecule has 1 aliphatic heterocycles. The molecule has 1 aromatic heterocycles. The minimum Gasteiger partial charge on any atom is -0.451 e. The molecule has 3 atom stereocenters. The molecule has 150 valence electrons. The van der Waals surface area contributed by atoms with Crippen LogP contribution in [0.25, 0.3) is 10.8 Å². The Morgan fingerprint density at radius 3 is 2.39 bits per heavy atom. The number of likely N-dealkylation sites (tertiary alicyclic amines) is 1. The molecule has 8 nitrogen and oxygen atoms in total. The minimum absolute atomic E-state index is 0.0943. The highest BCUT2D eigenvalue weighted by Crippen LogP contribution is 2.23. The zero-order valence-corrected chi connectivity index (χ0v) is 16.3. The Hall–Kier alpha value is -2.90. The van der Waals surface area contributed by atoms with E-state index in [0.29, 0.717) is 0 Å². The van der Waals surface area contributed by atoms with Gasteiger partial charge in [-0.2, -0.15) is 0 Å². The number of ether oxygens (including phenoxy) is 1. The van der Waals surface area contributed by atoms with Crippen molar-refractivity contribution in [3.63, 3.8) is 0 Å². The number of nitrogens with one attached hydrogen (secondary N) is 1. The fourth-order valence-electron chi connectivity index (χ4n) is 3.84. The second-order valence-corrected chi connectivity index (χ2v) is 7.38. The van der Waals surface area contributed by atoms with E-state index in [2.05, 4.69) is 5.10 Å². The van der Waals surface area contributed by atoms with Crippen molar-refractivity contribution in [2.24, 2.45) is 0 Å². The van der Waals surface area contributed by atoms with E-state index < -0.39 is 29.7 Å². The molecule has 1 saturated heterocycles. The van der Waals surface area contributed by atoms with Crippen LogP contribution in [0, 0.1) is 0 Å². The summed E-state index contributed by atoms with van der Waals surface area (Å²) < 4.78 is 6.17. The topological polar surface area (TPSA) is 101 Å². The molecular weight excluding hydrogens is 362 g/mol. The molecule has 2 aromatic rings. The number of esters is 1. The lowest BCUT2D eigenvalue weighted by atomic mass is 9.97. The van der Waals surface area contributed by atoms with Gasteiger partial charge in [-0.15, -0.1) is 0 Å². The van der Waals surface area contributed by atoms with E-state index in [1.54, 1.807) is 23.1 Å². The Labute approximate surface area is 162 Å². The molecule has 0 saturated carbocycles. The number of rotatable bonds is 4. The van der Waals surface area contributed by atoms with Gasteiger partial charge in [-0.25, -0.2) is 4.68 Å². The predicted molar refractivity (Wildman–Crippen MR) is 104 cm³/mol. The Morgan fingerprint density at radius 2 is 1.75 bits per heavy atom. The van der Waals surface area contributed by atoms with Crippen molar-refractivity contribution in [2.45, 2.75) is 64.8 Å².